The van der Waals surface area contributed by atoms with Gasteiger partial charge >= 0.3 is 0 Å². The molecule has 0 bridgehead atoms. The summed E-state index contributed by atoms with van der Waals surface area (Å²) in [6, 6.07) is 6.94. The molecule has 0 radical (unpaired) electrons. The first-order valence-electron chi connectivity index (χ1n) is 3.34. The van der Waals surface area contributed by atoms with Crippen LogP contribution in [0, 0.1) is 18.3 Å². The number of aryl methyl sites for hydroxylation is 1. The normalized spacial score (nSPS) is 8.33. The van der Waals surface area contributed by atoms with Gasteiger partial charge in [-0.1, -0.05) is 11.2 Å². The lowest BCUT2D eigenvalue weighted by Gasteiger charge is -1.96. The summed E-state index contributed by atoms with van der Waals surface area (Å²) in [7, 11) is 0. The van der Waals surface area contributed by atoms with Crippen LogP contribution in [0.25, 0.3) is 10.4 Å². The lowest BCUT2D eigenvalue weighted by molar-refractivity contribution is 1.36. The molecule has 0 aliphatic rings. The van der Waals surface area contributed by atoms with E-state index in [4.69, 9.17) is 10.8 Å². The highest BCUT2D eigenvalue weighted by Crippen LogP contribution is 2.19. The Bertz CT molecular complexity index is 383. The molecule has 0 saturated carbocycles. The van der Waals surface area contributed by atoms with Gasteiger partial charge in [0.2, 0.25) is 0 Å². The van der Waals surface area contributed by atoms with E-state index >= 15 is 0 Å². The molecule has 0 atom stereocenters. The first-order chi connectivity index (χ1) is 5.77. The maximum absolute atomic E-state index is 8.53. The molecule has 0 spiro atoms. The highest BCUT2D eigenvalue weighted by Gasteiger charge is 1.95. The van der Waals surface area contributed by atoms with Crippen molar-refractivity contribution in [3.8, 4) is 6.07 Å². The molecule has 0 aromatic heterocycles. The van der Waals surface area contributed by atoms with Gasteiger partial charge in [0.05, 0.1) is 11.6 Å². The second kappa shape index (κ2) is 3.42. The van der Waals surface area contributed by atoms with Crippen LogP contribution in [0.4, 0.5) is 5.69 Å². The zero-order valence-electron chi connectivity index (χ0n) is 6.52. The second-order valence-corrected chi connectivity index (χ2v) is 2.30. The molecule has 1 aromatic rings. The zero-order valence-corrected chi connectivity index (χ0v) is 6.52. The minimum atomic E-state index is 0.566. The lowest BCUT2D eigenvalue weighted by atomic mass is 10.1. The van der Waals surface area contributed by atoms with Crippen molar-refractivity contribution < 1.29 is 0 Å². The van der Waals surface area contributed by atoms with Crippen LogP contribution in [0.5, 0.6) is 0 Å². The van der Waals surface area contributed by atoms with Gasteiger partial charge in [0.25, 0.3) is 0 Å². The Morgan fingerprint density at radius 2 is 2.33 bits per heavy atom. The minimum Gasteiger partial charge on any atom is -0.192 e. The van der Waals surface area contributed by atoms with Crippen LogP contribution < -0.4 is 0 Å². The number of benzene rings is 1. The van der Waals surface area contributed by atoms with Crippen molar-refractivity contribution in [3.63, 3.8) is 0 Å². The Morgan fingerprint density at radius 3 is 2.83 bits per heavy atom. The van der Waals surface area contributed by atoms with Crippen LogP contribution in [0.2, 0.25) is 0 Å². The summed E-state index contributed by atoms with van der Waals surface area (Å²) in [6.45, 7) is 1.80. The van der Waals surface area contributed by atoms with E-state index in [-0.39, 0.29) is 0 Å². The van der Waals surface area contributed by atoms with Gasteiger partial charge in [0.1, 0.15) is 0 Å². The summed E-state index contributed by atoms with van der Waals surface area (Å²) >= 11 is 0. The Hall–Kier alpha value is -1.98. The van der Waals surface area contributed by atoms with Crippen LogP contribution in [0.3, 0.4) is 0 Å². The molecule has 4 heteroatoms. The lowest BCUT2D eigenvalue weighted by Crippen LogP contribution is -1.76. The molecule has 0 N–H and O–H groups in total. The third-order valence-electron chi connectivity index (χ3n) is 1.48. The number of nitrogens with zero attached hydrogens (tertiary/aromatic N) is 4. The van der Waals surface area contributed by atoms with Crippen LogP contribution >= 0.6 is 0 Å². The summed E-state index contributed by atoms with van der Waals surface area (Å²) in [5.74, 6) is 0. The molecule has 0 fully saturated rings. The average Bonchev–Trinajstić information content (AvgIpc) is 2.09. The standard InChI is InChI=1S/C8H6N4/c1-6-4-7(5-9)2-3-8(6)11-12-10/h2-4H,1H3. The average molecular weight is 158 g/mol. The maximum Gasteiger partial charge on any atom is 0.0991 e. The van der Waals surface area contributed by atoms with Gasteiger partial charge in [-0.25, -0.2) is 0 Å². The molecule has 0 aliphatic heterocycles. The van der Waals surface area contributed by atoms with E-state index in [1.165, 1.54) is 0 Å². The Balaban J connectivity index is 3.22. The largest absolute Gasteiger partial charge is 0.192 e. The third-order valence-corrected chi connectivity index (χ3v) is 1.48. The molecule has 0 amide bonds. The Morgan fingerprint density at radius 1 is 1.58 bits per heavy atom. The van der Waals surface area contributed by atoms with Crippen molar-refractivity contribution in [2.45, 2.75) is 6.92 Å². The summed E-state index contributed by atoms with van der Waals surface area (Å²) in [5, 5.41) is 12.0. The summed E-state index contributed by atoms with van der Waals surface area (Å²) < 4.78 is 0. The molecule has 12 heavy (non-hydrogen) atoms. The van der Waals surface area contributed by atoms with Crippen LogP contribution in [-0.4, -0.2) is 0 Å². The van der Waals surface area contributed by atoms with Gasteiger partial charge in [-0.2, -0.15) is 5.26 Å². The quantitative estimate of drug-likeness (QED) is 0.352. The zero-order chi connectivity index (χ0) is 8.97. The van der Waals surface area contributed by atoms with Crippen LogP contribution in [-0.2, 0) is 0 Å². The number of rotatable bonds is 1. The van der Waals surface area contributed by atoms with E-state index in [0.717, 1.165) is 5.56 Å². The maximum atomic E-state index is 8.53. The second-order valence-electron chi connectivity index (χ2n) is 2.30. The van der Waals surface area contributed by atoms with E-state index in [0.29, 0.717) is 11.3 Å². The monoisotopic (exact) mass is 158 g/mol. The Labute approximate surface area is 69.7 Å². The van der Waals surface area contributed by atoms with Crippen LogP contribution in [0.15, 0.2) is 23.3 Å². The van der Waals surface area contributed by atoms with Crippen molar-refractivity contribution >= 4 is 5.69 Å². The highest BCUT2D eigenvalue weighted by atomic mass is 15.1. The van der Waals surface area contributed by atoms with Crippen molar-refractivity contribution in [2.24, 2.45) is 5.11 Å². The van der Waals surface area contributed by atoms with Gasteiger partial charge in [-0.3, -0.25) is 0 Å². The fraction of sp³-hybridized carbons (Fsp3) is 0.125. The van der Waals surface area contributed by atoms with E-state index in [2.05, 4.69) is 10.0 Å². The van der Waals surface area contributed by atoms with Crippen molar-refractivity contribution in [3.05, 3.63) is 39.8 Å². The fourth-order valence-corrected chi connectivity index (χ4v) is 0.885. The molecular weight excluding hydrogens is 152 g/mol. The van der Waals surface area contributed by atoms with E-state index < -0.39 is 0 Å². The first-order valence-corrected chi connectivity index (χ1v) is 3.34. The molecule has 0 heterocycles. The number of nitriles is 1. The molecule has 4 nitrogen and oxygen atoms in total. The molecule has 0 unspecified atom stereocenters. The first kappa shape index (κ1) is 8.12. The van der Waals surface area contributed by atoms with Crippen molar-refractivity contribution in [2.75, 3.05) is 0 Å². The number of hydrogen-bond acceptors (Lipinski definition) is 2. The SMILES string of the molecule is Cc1cc(C#N)ccc1N=[N+]=[N-]. The summed E-state index contributed by atoms with van der Waals surface area (Å²) in [6.07, 6.45) is 0. The van der Waals surface area contributed by atoms with Gasteiger partial charge in [-0.05, 0) is 30.2 Å². The van der Waals surface area contributed by atoms with E-state index in [1.807, 2.05) is 6.07 Å². The topological polar surface area (TPSA) is 72.5 Å². The fourth-order valence-electron chi connectivity index (χ4n) is 0.885. The van der Waals surface area contributed by atoms with Crippen molar-refractivity contribution in [1.82, 2.24) is 0 Å². The summed E-state index contributed by atoms with van der Waals surface area (Å²) in [5.41, 5.74) is 10.1. The predicted molar refractivity (Wildman–Crippen MR) is 44.7 cm³/mol. The van der Waals surface area contributed by atoms with Gasteiger partial charge in [0, 0.05) is 10.6 Å². The van der Waals surface area contributed by atoms with Crippen molar-refractivity contribution in [1.29, 1.82) is 5.26 Å². The molecule has 58 valence electrons. The van der Waals surface area contributed by atoms with Crippen LogP contribution in [0.1, 0.15) is 11.1 Å². The van der Waals surface area contributed by atoms with Gasteiger partial charge in [-0.15, -0.1) is 0 Å². The van der Waals surface area contributed by atoms with E-state index in [9.17, 15) is 0 Å². The summed E-state index contributed by atoms with van der Waals surface area (Å²) in [4.78, 5) is 2.66. The smallest absolute Gasteiger partial charge is 0.0991 e. The van der Waals surface area contributed by atoms with Gasteiger partial charge < -0.3 is 0 Å². The molecular formula is C8H6N4. The predicted octanol–water partition coefficient (Wildman–Crippen LogP) is 2.81. The highest BCUT2D eigenvalue weighted by molar-refractivity contribution is 5.49. The van der Waals surface area contributed by atoms with Gasteiger partial charge in [0.15, 0.2) is 0 Å². The third kappa shape index (κ3) is 1.54. The van der Waals surface area contributed by atoms with E-state index in [1.54, 1.807) is 25.1 Å². The molecule has 0 aliphatic carbocycles. The molecule has 0 saturated heterocycles. The number of azide groups is 1. The molecule has 1 rings (SSSR count). The molecule has 1 aromatic carbocycles. The minimum absolute atomic E-state index is 0.566. The Kier molecular flexibility index (Phi) is 2.32. The number of hydrogen-bond donors (Lipinski definition) is 0.